The summed E-state index contributed by atoms with van der Waals surface area (Å²) in [6.07, 6.45) is 9.06. The fourth-order valence-electron chi connectivity index (χ4n) is 4.98. The summed E-state index contributed by atoms with van der Waals surface area (Å²) in [6.45, 7) is 10.4. The molecule has 0 fully saturated rings. The standard InChI is InChI=1S/C33H43N5O3/c1-24(2)14-18-38-29-12-11-28(21-30(29)37(5)31(39)33(3,4)32(38)40)41-19-7-16-35-23-26-13-17-36-27(20-26)10-9-25-8-6-15-34-22-25/h6,8,11-13,15,17,20-22,24,35H,7,9-10,14,16,18-19,23H2,1-5H3. The van der Waals surface area contributed by atoms with Crippen LogP contribution in [0.2, 0.25) is 0 Å². The molecule has 8 nitrogen and oxygen atoms in total. The smallest absolute Gasteiger partial charge is 0.242 e. The van der Waals surface area contributed by atoms with Crippen LogP contribution in [0.4, 0.5) is 11.4 Å². The molecule has 0 spiro atoms. The molecule has 0 saturated carbocycles. The highest BCUT2D eigenvalue weighted by molar-refractivity contribution is 6.20. The lowest BCUT2D eigenvalue weighted by Gasteiger charge is -2.28. The van der Waals surface area contributed by atoms with Gasteiger partial charge in [-0.05, 0) is 93.5 Å². The fraction of sp³-hybridized carbons (Fsp3) is 0.455. The van der Waals surface area contributed by atoms with Crippen LogP contribution in [-0.4, -0.2) is 48.5 Å². The summed E-state index contributed by atoms with van der Waals surface area (Å²) >= 11 is 0. The highest BCUT2D eigenvalue weighted by atomic mass is 16.5. The maximum Gasteiger partial charge on any atom is 0.242 e. The zero-order valence-corrected chi connectivity index (χ0v) is 25.0. The van der Waals surface area contributed by atoms with Crippen molar-refractivity contribution in [3.63, 3.8) is 0 Å². The van der Waals surface area contributed by atoms with Gasteiger partial charge in [0.05, 0.1) is 18.0 Å². The molecule has 0 unspecified atom stereocenters. The maximum absolute atomic E-state index is 13.4. The summed E-state index contributed by atoms with van der Waals surface area (Å²) in [6, 6.07) is 13.9. The molecule has 1 aliphatic rings. The summed E-state index contributed by atoms with van der Waals surface area (Å²) in [5.41, 5.74) is 3.82. The molecule has 0 aliphatic carbocycles. The van der Waals surface area contributed by atoms with Crippen LogP contribution in [0.1, 0.15) is 57.4 Å². The minimum Gasteiger partial charge on any atom is -0.493 e. The van der Waals surface area contributed by atoms with Crippen molar-refractivity contribution in [2.75, 3.05) is 36.5 Å². The number of benzene rings is 1. The quantitative estimate of drug-likeness (QED) is 0.230. The molecule has 3 aromatic rings. The number of hydrogen-bond acceptors (Lipinski definition) is 6. The largest absolute Gasteiger partial charge is 0.493 e. The lowest BCUT2D eigenvalue weighted by atomic mass is 9.90. The van der Waals surface area contributed by atoms with Gasteiger partial charge in [-0.25, -0.2) is 0 Å². The number of fused-ring (bicyclic) bond motifs is 1. The molecule has 0 bridgehead atoms. The molecule has 1 N–H and O–H groups in total. The minimum absolute atomic E-state index is 0.164. The lowest BCUT2D eigenvalue weighted by Crippen LogP contribution is -2.47. The number of pyridine rings is 2. The van der Waals surface area contributed by atoms with E-state index in [4.69, 9.17) is 4.74 Å². The molecule has 41 heavy (non-hydrogen) atoms. The van der Waals surface area contributed by atoms with Crippen LogP contribution < -0.4 is 19.9 Å². The normalized spacial score (nSPS) is 14.8. The van der Waals surface area contributed by atoms with Crippen molar-refractivity contribution >= 4 is 23.2 Å². The van der Waals surface area contributed by atoms with Gasteiger partial charge < -0.3 is 19.9 Å². The summed E-state index contributed by atoms with van der Waals surface area (Å²) < 4.78 is 6.06. The first kappa shape index (κ1) is 30.2. The number of carbonyl (C=O) groups is 2. The van der Waals surface area contributed by atoms with Crippen molar-refractivity contribution in [1.29, 1.82) is 0 Å². The summed E-state index contributed by atoms with van der Waals surface area (Å²) in [5.74, 6) is 0.754. The molecule has 4 rings (SSSR count). The van der Waals surface area contributed by atoms with E-state index in [-0.39, 0.29) is 11.8 Å². The molecule has 3 heterocycles. The third-order valence-corrected chi connectivity index (χ3v) is 7.52. The SMILES string of the molecule is CC(C)CCN1C(=O)C(C)(C)C(=O)N(C)c2cc(OCCCNCc3ccnc(CCc4cccnc4)c3)ccc21. The van der Waals surface area contributed by atoms with E-state index >= 15 is 0 Å². The Kier molecular flexibility index (Phi) is 10.1. The highest BCUT2D eigenvalue weighted by Gasteiger charge is 2.45. The molecule has 1 aliphatic heterocycles. The van der Waals surface area contributed by atoms with Gasteiger partial charge in [0.2, 0.25) is 11.8 Å². The van der Waals surface area contributed by atoms with Crippen molar-refractivity contribution in [2.45, 2.75) is 59.9 Å². The third kappa shape index (κ3) is 7.70. The average Bonchev–Trinajstić information content (AvgIpc) is 3.02. The van der Waals surface area contributed by atoms with Crippen LogP contribution in [0.15, 0.2) is 61.1 Å². The molecule has 0 atom stereocenters. The van der Waals surface area contributed by atoms with Crippen molar-refractivity contribution in [2.24, 2.45) is 11.3 Å². The van der Waals surface area contributed by atoms with Crippen LogP contribution in [0.3, 0.4) is 0 Å². The molecular formula is C33H43N5O3. The van der Waals surface area contributed by atoms with E-state index in [1.54, 1.807) is 36.9 Å². The molecule has 0 saturated heterocycles. The minimum atomic E-state index is -1.13. The molecule has 8 heteroatoms. The second-order valence-corrected chi connectivity index (χ2v) is 11.7. The summed E-state index contributed by atoms with van der Waals surface area (Å²) in [5, 5.41) is 3.49. The number of nitrogens with one attached hydrogen (secondary N) is 1. The molecule has 0 radical (unpaired) electrons. The topological polar surface area (TPSA) is 87.7 Å². The Morgan fingerprint density at radius 1 is 0.976 bits per heavy atom. The van der Waals surface area contributed by atoms with Crippen molar-refractivity contribution < 1.29 is 14.3 Å². The first-order chi connectivity index (χ1) is 19.7. The average molecular weight is 558 g/mol. The Bertz CT molecular complexity index is 1330. The van der Waals surface area contributed by atoms with Gasteiger partial charge in [0, 0.05) is 50.5 Å². The predicted octanol–water partition coefficient (Wildman–Crippen LogP) is 5.20. The van der Waals surface area contributed by atoms with E-state index in [1.807, 2.05) is 42.7 Å². The number of carbonyl (C=O) groups excluding carboxylic acids is 2. The Morgan fingerprint density at radius 2 is 1.80 bits per heavy atom. The van der Waals surface area contributed by atoms with Crippen molar-refractivity contribution in [1.82, 2.24) is 15.3 Å². The van der Waals surface area contributed by atoms with E-state index in [0.29, 0.717) is 30.5 Å². The number of aryl methyl sites for hydroxylation is 2. The Hall–Kier alpha value is -3.78. The van der Waals surface area contributed by atoms with Crippen molar-refractivity contribution in [3.05, 3.63) is 77.9 Å². The van der Waals surface area contributed by atoms with E-state index in [9.17, 15) is 9.59 Å². The Morgan fingerprint density at radius 3 is 2.56 bits per heavy atom. The number of amides is 2. The lowest BCUT2D eigenvalue weighted by molar-refractivity contribution is -0.137. The maximum atomic E-state index is 13.4. The Balaban J connectivity index is 1.29. The highest BCUT2D eigenvalue weighted by Crippen LogP contribution is 2.40. The first-order valence-electron chi connectivity index (χ1n) is 14.6. The van der Waals surface area contributed by atoms with Crippen LogP contribution in [0, 0.1) is 11.3 Å². The molecule has 218 valence electrons. The summed E-state index contributed by atoms with van der Waals surface area (Å²) in [4.78, 5) is 38.7. The van der Waals surface area contributed by atoms with Gasteiger partial charge in [-0.15, -0.1) is 0 Å². The number of hydrogen-bond donors (Lipinski definition) is 1. The molecule has 2 amide bonds. The van der Waals surface area contributed by atoms with Gasteiger partial charge >= 0.3 is 0 Å². The fourth-order valence-corrected chi connectivity index (χ4v) is 4.98. The number of rotatable bonds is 13. The van der Waals surface area contributed by atoms with E-state index in [0.717, 1.165) is 50.2 Å². The third-order valence-electron chi connectivity index (χ3n) is 7.52. The van der Waals surface area contributed by atoms with Gasteiger partial charge in [0.15, 0.2) is 0 Å². The van der Waals surface area contributed by atoms with Gasteiger partial charge in [0.25, 0.3) is 0 Å². The van der Waals surface area contributed by atoms with Crippen LogP contribution >= 0.6 is 0 Å². The van der Waals surface area contributed by atoms with E-state index in [2.05, 4.69) is 41.3 Å². The van der Waals surface area contributed by atoms with Crippen LogP contribution in [-0.2, 0) is 29.0 Å². The number of nitrogens with zero attached hydrogens (tertiary/aromatic N) is 4. The molecular weight excluding hydrogens is 514 g/mol. The monoisotopic (exact) mass is 557 g/mol. The zero-order valence-electron chi connectivity index (χ0n) is 25.0. The van der Waals surface area contributed by atoms with Gasteiger partial charge in [-0.3, -0.25) is 19.6 Å². The molecule has 2 aromatic heterocycles. The van der Waals surface area contributed by atoms with E-state index < -0.39 is 5.41 Å². The zero-order chi connectivity index (χ0) is 29.4. The van der Waals surface area contributed by atoms with E-state index in [1.165, 1.54) is 11.1 Å². The molecule has 1 aromatic carbocycles. The second kappa shape index (κ2) is 13.7. The van der Waals surface area contributed by atoms with Crippen LogP contribution in [0.25, 0.3) is 0 Å². The Labute approximate surface area is 244 Å². The van der Waals surface area contributed by atoms with Gasteiger partial charge in [-0.2, -0.15) is 0 Å². The number of ether oxygens (including phenoxy) is 1. The number of aromatic nitrogens is 2. The second-order valence-electron chi connectivity index (χ2n) is 11.7. The predicted molar refractivity (Wildman–Crippen MR) is 163 cm³/mol. The van der Waals surface area contributed by atoms with Gasteiger partial charge in [0.1, 0.15) is 11.2 Å². The summed E-state index contributed by atoms with van der Waals surface area (Å²) in [7, 11) is 1.74. The van der Waals surface area contributed by atoms with Crippen molar-refractivity contribution in [3.8, 4) is 5.75 Å². The van der Waals surface area contributed by atoms with Crippen LogP contribution in [0.5, 0.6) is 5.75 Å². The first-order valence-corrected chi connectivity index (χ1v) is 14.6. The van der Waals surface area contributed by atoms with Gasteiger partial charge in [-0.1, -0.05) is 19.9 Å². The number of anilines is 2.